The van der Waals surface area contributed by atoms with Crippen LogP contribution in [-0.4, -0.2) is 15.1 Å². The van der Waals surface area contributed by atoms with Crippen LogP contribution in [0.15, 0.2) is 55.1 Å². The van der Waals surface area contributed by atoms with Crippen LogP contribution in [0.4, 0.5) is 4.39 Å². The van der Waals surface area contributed by atoms with Gasteiger partial charge < -0.3 is 5.11 Å². The van der Waals surface area contributed by atoms with E-state index in [1.165, 1.54) is 12.4 Å². The minimum absolute atomic E-state index is 0.295. The fourth-order valence-electron chi connectivity index (χ4n) is 2.16. The van der Waals surface area contributed by atoms with Crippen LogP contribution in [0.5, 0.6) is 0 Å². The van der Waals surface area contributed by atoms with Crippen LogP contribution >= 0.6 is 0 Å². The van der Waals surface area contributed by atoms with E-state index in [4.69, 9.17) is 0 Å². The Balaban J connectivity index is 2.18. The van der Waals surface area contributed by atoms with E-state index in [1.807, 2.05) is 6.07 Å². The number of aliphatic hydroxyl groups excluding tert-OH is 1. The van der Waals surface area contributed by atoms with E-state index < -0.39 is 6.10 Å². The van der Waals surface area contributed by atoms with Crippen molar-refractivity contribution in [1.82, 2.24) is 9.97 Å². The zero-order chi connectivity index (χ0) is 13.2. The first-order valence-electron chi connectivity index (χ1n) is 5.87. The first kappa shape index (κ1) is 11.7. The van der Waals surface area contributed by atoms with E-state index in [9.17, 15) is 9.50 Å². The summed E-state index contributed by atoms with van der Waals surface area (Å²) in [5.41, 5.74) is 1.23. The van der Waals surface area contributed by atoms with Gasteiger partial charge in [-0.1, -0.05) is 30.3 Å². The van der Waals surface area contributed by atoms with Crippen molar-refractivity contribution in [1.29, 1.82) is 0 Å². The maximum Gasteiger partial charge on any atom is 0.131 e. The molecule has 0 aliphatic heterocycles. The van der Waals surface area contributed by atoms with Crippen molar-refractivity contribution >= 4 is 10.8 Å². The molecule has 1 aromatic heterocycles. The highest BCUT2D eigenvalue weighted by atomic mass is 19.1. The van der Waals surface area contributed by atoms with Crippen molar-refractivity contribution in [3.63, 3.8) is 0 Å². The van der Waals surface area contributed by atoms with Crippen molar-refractivity contribution in [2.24, 2.45) is 0 Å². The molecule has 0 aliphatic rings. The lowest BCUT2D eigenvalue weighted by Gasteiger charge is -2.13. The van der Waals surface area contributed by atoms with E-state index >= 15 is 0 Å². The van der Waals surface area contributed by atoms with Gasteiger partial charge in [0.25, 0.3) is 0 Å². The van der Waals surface area contributed by atoms with Crippen molar-refractivity contribution in [2.45, 2.75) is 6.10 Å². The van der Waals surface area contributed by atoms with Crippen LogP contribution in [-0.2, 0) is 0 Å². The lowest BCUT2D eigenvalue weighted by Crippen LogP contribution is -2.02. The third-order valence-electron chi connectivity index (χ3n) is 3.10. The second-order valence-electron chi connectivity index (χ2n) is 4.26. The summed E-state index contributed by atoms with van der Waals surface area (Å²) in [7, 11) is 0. The molecule has 1 heterocycles. The zero-order valence-electron chi connectivity index (χ0n) is 9.99. The molecule has 1 unspecified atom stereocenters. The number of rotatable bonds is 2. The molecule has 19 heavy (non-hydrogen) atoms. The highest BCUT2D eigenvalue weighted by molar-refractivity contribution is 5.86. The topological polar surface area (TPSA) is 46.0 Å². The molecule has 0 saturated heterocycles. The molecule has 94 valence electrons. The Morgan fingerprint density at radius 1 is 0.947 bits per heavy atom. The molecule has 0 spiro atoms. The van der Waals surface area contributed by atoms with Gasteiger partial charge in [-0.2, -0.15) is 0 Å². The van der Waals surface area contributed by atoms with Gasteiger partial charge in [0.15, 0.2) is 0 Å². The van der Waals surface area contributed by atoms with Crippen LogP contribution in [0, 0.1) is 5.82 Å². The van der Waals surface area contributed by atoms with Crippen LogP contribution in [0.25, 0.3) is 10.8 Å². The molecule has 1 N–H and O–H groups in total. The lowest BCUT2D eigenvalue weighted by molar-refractivity contribution is 0.221. The number of halogens is 1. The van der Waals surface area contributed by atoms with Gasteiger partial charge in [-0.15, -0.1) is 0 Å². The molecule has 0 saturated carbocycles. The van der Waals surface area contributed by atoms with Crippen molar-refractivity contribution in [3.05, 3.63) is 72.1 Å². The van der Waals surface area contributed by atoms with Gasteiger partial charge >= 0.3 is 0 Å². The average molecular weight is 254 g/mol. The number of nitrogens with zero attached hydrogens (tertiary/aromatic N) is 2. The second-order valence-corrected chi connectivity index (χ2v) is 4.26. The summed E-state index contributed by atoms with van der Waals surface area (Å²) in [6.45, 7) is 0. The van der Waals surface area contributed by atoms with E-state index in [2.05, 4.69) is 9.97 Å². The standard InChI is InChI=1S/C15H11FN2O/c16-14-6-5-13(11-3-1-2-4-12(11)14)15(19)10-7-17-9-18-8-10/h1-9,15,19H. The van der Waals surface area contributed by atoms with Crippen LogP contribution in [0.1, 0.15) is 17.2 Å². The number of hydrogen-bond donors (Lipinski definition) is 1. The van der Waals surface area contributed by atoms with E-state index in [0.717, 1.165) is 0 Å². The summed E-state index contributed by atoms with van der Waals surface area (Å²) in [6, 6.07) is 10.0. The minimum atomic E-state index is -0.869. The number of aliphatic hydroxyl groups is 1. The van der Waals surface area contributed by atoms with Crippen molar-refractivity contribution < 1.29 is 9.50 Å². The van der Waals surface area contributed by atoms with E-state index in [0.29, 0.717) is 21.9 Å². The maximum atomic E-state index is 13.7. The molecule has 4 heteroatoms. The minimum Gasteiger partial charge on any atom is -0.384 e. The SMILES string of the molecule is OC(c1cncnc1)c1ccc(F)c2ccccc12. The van der Waals surface area contributed by atoms with Crippen LogP contribution in [0.2, 0.25) is 0 Å². The monoisotopic (exact) mass is 254 g/mol. The van der Waals surface area contributed by atoms with Gasteiger partial charge in [0.2, 0.25) is 0 Å². The molecule has 2 aromatic carbocycles. The third-order valence-corrected chi connectivity index (χ3v) is 3.10. The molecule has 1 atom stereocenters. The molecular weight excluding hydrogens is 243 g/mol. The van der Waals surface area contributed by atoms with Crippen LogP contribution < -0.4 is 0 Å². The van der Waals surface area contributed by atoms with Gasteiger partial charge in [0.05, 0.1) is 0 Å². The molecule has 3 aromatic rings. The molecule has 0 amide bonds. The predicted octanol–water partition coefficient (Wildman–Crippen LogP) is 2.85. The van der Waals surface area contributed by atoms with Gasteiger partial charge in [0.1, 0.15) is 18.2 Å². The normalized spacial score (nSPS) is 12.5. The van der Waals surface area contributed by atoms with Crippen LogP contribution in [0.3, 0.4) is 0 Å². The first-order chi connectivity index (χ1) is 9.27. The second kappa shape index (κ2) is 4.74. The fourth-order valence-corrected chi connectivity index (χ4v) is 2.16. The Morgan fingerprint density at radius 2 is 1.63 bits per heavy atom. The lowest BCUT2D eigenvalue weighted by atomic mass is 9.97. The van der Waals surface area contributed by atoms with Gasteiger partial charge in [-0.05, 0) is 17.0 Å². The highest BCUT2D eigenvalue weighted by Crippen LogP contribution is 2.29. The smallest absolute Gasteiger partial charge is 0.131 e. The number of aromatic nitrogens is 2. The Bertz CT molecular complexity index is 716. The Hall–Kier alpha value is -2.33. The Labute approximate surface area is 109 Å². The highest BCUT2D eigenvalue weighted by Gasteiger charge is 2.15. The Morgan fingerprint density at radius 3 is 2.37 bits per heavy atom. The number of benzene rings is 2. The Kier molecular flexibility index (Phi) is 2.93. The summed E-state index contributed by atoms with van der Waals surface area (Å²) in [5.74, 6) is -0.295. The molecule has 0 bridgehead atoms. The first-order valence-corrected chi connectivity index (χ1v) is 5.87. The molecule has 3 rings (SSSR count). The fraction of sp³-hybridized carbons (Fsp3) is 0.0667. The summed E-state index contributed by atoms with van der Waals surface area (Å²) in [6.07, 6.45) is 3.64. The summed E-state index contributed by atoms with van der Waals surface area (Å²) >= 11 is 0. The summed E-state index contributed by atoms with van der Waals surface area (Å²) in [5, 5.41) is 11.6. The molecular formula is C15H11FN2O. The summed E-state index contributed by atoms with van der Waals surface area (Å²) in [4.78, 5) is 7.77. The number of fused-ring (bicyclic) bond motifs is 1. The largest absolute Gasteiger partial charge is 0.384 e. The van der Waals surface area contributed by atoms with E-state index in [-0.39, 0.29) is 5.82 Å². The third kappa shape index (κ3) is 2.06. The quantitative estimate of drug-likeness (QED) is 0.764. The average Bonchev–Trinajstić information content (AvgIpc) is 2.48. The molecule has 0 aliphatic carbocycles. The molecule has 0 fully saturated rings. The summed E-state index contributed by atoms with van der Waals surface area (Å²) < 4.78 is 13.7. The van der Waals surface area contributed by atoms with Gasteiger partial charge in [0, 0.05) is 23.3 Å². The molecule has 3 nitrogen and oxygen atoms in total. The van der Waals surface area contributed by atoms with Crippen molar-refractivity contribution in [2.75, 3.05) is 0 Å². The maximum absolute atomic E-state index is 13.7. The zero-order valence-corrected chi connectivity index (χ0v) is 9.99. The van der Waals surface area contributed by atoms with Gasteiger partial charge in [-0.3, -0.25) is 0 Å². The van der Waals surface area contributed by atoms with Crippen molar-refractivity contribution in [3.8, 4) is 0 Å². The molecule has 0 radical (unpaired) electrons. The van der Waals surface area contributed by atoms with E-state index in [1.54, 1.807) is 36.7 Å². The van der Waals surface area contributed by atoms with Gasteiger partial charge in [-0.25, -0.2) is 14.4 Å². The number of hydrogen-bond acceptors (Lipinski definition) is 3. The predicted molar refractivity (Wildman–Crippen MR) is 70.0 cm³/mol.